The molecule has 0 aromatic heterocycles. The molecule has 2 atom stereocenters. The molecule has 2 rings (SSSR count). The molecule has 1 aromatic carbocycles. The quantitative estimate of drug-likeness (QED) is 0.781. The van der Waals surface area contributed by atoms with E-state index in [1.54, 1.807) is 0 Å². The van der Waals surface area contributed by atoms with Crippen molar-refractivity contribution in [3.63, 3.8) is 0 Å². The smallest absolute Gasteiger partial charge is 0.0717 e. The Kier molecular flexibility index (Phi) is 4.97. The van der Waals surface area contributed by atoms with Crippen LogP contribution >= 0.6 is 0 Å². The van der Waals surface area contributed by atoms with E-state index >= 15 is 0 Å². The van der Waals surface area contributed by atoms with E-state index in [4.69, 9.17) is 4.74 Å². The maximum absolute atomic E-state index is 9.28. The third kappa shape index (κ3) is 3.44. The summed E-state index contributed by atoms with van der Waals surface area (Å²) in [6, 6.07) is 10.2. The van der Waals surface area contributed by atoms with E-state index in [9.17, 15) is 5.11 Å². The lowest BCUT2D eigenvalue weighted by Crippen LogP contribution is -2.18. The maximum atomic E-state index is 9.28. The Morgan fingerprint density at radius 1 is 1.33 bits per heavy atom. The van der Waals surface area contributed by atoms with Gasteiger partial charge < -0.3 is 9.84 Å². The van der Waals surface area contributed by atoms with Gasteiger partial charge in [-0.1, -0.05) is 43.3 Å². The second kappa shape index (κ2) is 6.72. The van der Waals surface area contributed by atoms with E-state index in [2.05, 4.69) is 25.1 Å². The number of aliphatic hydroxyl groups excluding tert-OH is 1. The van der Waals surface area contributed by atoms with Crippen LogP contribution in [0.3, 0.4) is 0 Å². The van der Waals surface area contributed by atoms with Gasteiger partial charge in [0.1, 0.15) is 0 Å². The molecule has 0 amide bonds. The van der Waals surface area contributed by atoms with Crippen LogP contribution < -0.4 is 0 Å². The first-order valence-electron chi connectivity index (χ1n) is 6.72. The maximum Gasteiger partial charge on any atom is 0.0717 e. The number of allylic oxidation sites excluding steroid dienone is 1. The van der Waals surface area contributed by atoms with Gasteiger partial charge in [0.05, 0.1) is 19.8 Å². The summed E-state index contributed by atoms with van der Waals surface area (Å²) in [6.45, 7) is 3.85. The fourth-order valence-corrected chi connectivity index (χ4v) is 2.67. The zero-order chi connectivity index (χ0) is 12.8. The normalized spacial score (nSPS) is 20.8. The molecule has 0 spiro atoms. The van der Waals surface area contributed by atoms with Crippen molar-refractivity contribution in [2.45, 2.75) is 26.4 Å². The van der Waals surface area contributed by atoms with Gasteiger partial charge in [0.2, 0.25) is 0 Å². The summed E-state index contributed by atoms with van der Waals surface area (Å²) in [4.78, 5) is 0. The van der Waals surface area contributed by atoms with Crippen LogP contribution in [-0.4, -0.2) is 18.3 Å². The molecule has 0 radical (unpaired) electrons. The van der Waals surface area contributed by atoms with E-state index in [1.165, 1.54) is 11.1 Å². The largest absolute Gasteiger partial charge is 0.392 e. The molecule has 1 aliphatic carbocycles. The lowest BCUT2D eigenvalue weighted by atomic mass is 9.89. The van der Waals surface area contributed by atoms with Crippen molar-refractivity contribution in [2.24, 2.45) is 11.8 Å². The van der Waals surface area contributed by atoms with Crippen molar-refractivity contribution in [2.75, 3.05) is 13.2 Å². The second-order valence-electron chi connectivity index (χ2n) is 5.10. The molecule has 1 unspecified atom stereocenters. The van der Waals surface area contributed by atoms with E-state index in [0.717, 1.165) is 19.4 Å². The van der Waals surface area contributed by atoms with Gasteiger partial charge in [-0.05, 0) is 35.8 Å². The first kappa shape index (κ1) is 13.3. The summed E-state index contributed by atoms with van der Waals surface area (Å²) in [7, 11) is 0. The Morgan fingerprint density at radius 2 is 2.11 bits per heavy atom. The Balaban J connectivity index is 1.75. The Bertz CT molecular complexity index is 383. The summed E-state index contributed by atoms with van der Waals surface area (Å²) in [6.07, 6.45) is 4.44. The average molecular weight is 246 g/mol. The lowest BCUT2D eigenvalue weighted by molar-refractivity contribution is 0.0762. The highest BCUT2D eigenvalue weighted by Gasteiger charge is 2.24. The van der Waals surface area contributed by atoms with E-state index in [0.29, 0.717) is 18.4 Å². The van der Waals surface area contributed by atoms with Crippen LogP contribution in [-0.2, 0) is 11.3 Å². The van der Waals surface area contributed by atoms with Gasteiger partial charge in [0.25, 0.3) is 0 Å². The van der Waals surface area contributed by atoms with Crippen molar-refractivity contribution in [1.29, 1.82) is 0 Å². The van der Waals surface area contributed by atoms with Crippen LogP contribution in [0.1, 0.15) is 25.3 Å². The number of ether oxygens (including phenoxy) is 1. The number of rotatable bonds is 6. The van der Waals surface area contributed by atoms with Crippen LogP contribution in [0.4, 0.5) is 0 Å². The van der Waals surface area contributed by atoms with Crippen LogP contribution in [0, 0.1) is 11.8 Å². The topological polar surface area (TPSA) is 29.5 Å². The fourth-order valence-electron chi connectivity index (χ4n) is 2.67. The van der Waals surface area contributed by atoms with Gasteiger partial charge in [0.15, 0.2) is 0 Å². The minimum atomic E-state index is 0.202. The van der Waals surface area contributed by atoms with Crippen molar-refractivity contribution in [3.8, 4) is 0 Å². The third-order valence-corrected chi connectivity index (χ3v) is 3.72. The van der Waals surface area contributed by atoms with Crippen molar-refractivity contribution in [3.05, 3.63) is 47.5 Å². The number of hydrogen-bond donors (Lipinski definition) is 1. The summed E-state index contributed by atoms with van der Waals surface area (Å²) in [5.41, 5.74) is 2.42. The zero-order valence-corrected chi connectivity index (χ0v) is 11.0. The summed E-state index contributed by atoms with van der Waals surface area (Å²) >= 11 is 0. The number of hydrogen-bond acceptors (Lipinski definition) is 2. The Hall–Kier alpha value is -1.12. The third-order valence-electron chi connectivity index (χ3n) is 3.72. The van der Waals surface area contributed by atoms with Gasteiger partial charge >= 0.3 is 0 Å². The summed E-state index contributed by atoms with van der Waals surface area (Å²) in [5.74, 6) is 0.986. The lowest BCUT2D eigenvalue weighted by Gasteiger charge is -2.21. The number of benzene rings is 1. The van der Waals surface area contributed by atoms with Crippen LogP contribution in [0.25, 0.3) is 0 Å². The molecule has 2 nitrogen and oxygen atoms in total. The van der Waals surface area contributed by atoms with Gasteiger partial charge in [0, 0.05) is 0 Å². The summed E-state index contributed by atoms with van der Waals surface area (Å²) < 4.78 is 5.78. The van der Waals surface area contributed by atoms with Crippen molar-refractivity contribution >= 4 is 0 Å². The van der Waals surface area contributed by atoms with Gasteiger partial charge in [-0.2, -0.15) is 0 Å². The minimum absolute atomic E-state index is 0.202. The van der Waals surface area contributed by atoms with Gasteiger partial charge in [-0.25, -0.2) is 0 Å². The molecule has 2 heteroatoms. The van der Waals surface area contributed by atoms with Crippen LogP contribution in [0.5, 0.6) is 0 Å². The predicted molar refractivity (Wildman–Crippen MR) is 73.2 cm³/mol. The second-order valence-corrected chi connectivity index (χ2v) is 5.10. The van der Waals surface area contributed by atoms with E-state index in [1.807, 2.05) is 18.2 Å². The van der Waals surface area contributed by atoms with Crippen molar-refractivity contribution < 1.29 is 9.84 Å². The molecular weight excluding hydrogens is 224 g/mol. The van der Waals surface area contributed by atoms with Crippen LogP contribution in [0.2, 0.25) is 0 Å². The molecule has 1 N–H and O–H groups in total. The highest BCUT2D eigenvalue weighted by molar-refractivity contribution is 5.14. The van der Waals surface area contributed by atoms with Gasteiger partial charge in [-0.3, -0.25) is 0 Å². The first-order valence-corrected chi connectivity index (χ1v) is 6.72. The molecule has 0 saturated carbocycles. The Morgan fingerprint density at radius 3 is 2.83 bits per heavy atom. The molecule has 1 aliphatic rings. The van der Waals surface area contributed by atoms with E-state index < -0.39 is 0 Å². The first-order chi connectivity index (χ1) is 8.81. The minimum Gasteiger partial charge on any atom is -0.392 e. The molecule has 0 aliphatic heterocycles. The predicted octanol–water partition coefficient (Wildman–Crippen LogP) is 3.17. The molecule has 0 saturated heterocycles. The van der Waals surface area contributed by atoms with Gasteiger partial charge in [-0.15, -0.1) is 0 Å². The average Bonchev–Trinajstić information content (AvgIpc) is 2.88. The fraction of sp³-hybridized carbons (Fsp3) is 0.500. The SMILES string of the molecule is CC(COCc1ccccc1)[C@@H]1CCC=C1CO. The number of aliphatic hydroxyl groups is 1. The molecule has 0 heterocycles. The monoisotopic (exact) mass is 246 g/mol. The molecule has 0 bridgehead atoms. The highest BCUT2D eigenvalue weighted by Crippen LogP contribution is 2.32. The van der Waals surface area contributed by atoms with Crippen molar-refractivity contribution in [1.82, 2.24) is 0 Å². The molecule has 18 heavy (non-hydrogen) atoms. The zero-order valence-electron chi connectivity index (χ0n) is 11.0. The summed E-state index contributed by atoms with van der Waals surface area (Å²) in [5, 5.41) is 9.28. The molecular formula is C16H22O2. The van der Waals surface area contributed by atoms with E-state index in [-0.39, 0.29) is 6.61 Å². The standard InChI is InChI=1S/C16H22O2/c1-13(16-9-5-8-15(16)10-17)11-18-12-14-6-3-2-4-7-14/h2-4,6-8,13,16-17H,5,9-12H2,1H3/t13?,16-/m0/s1. The highest BCUT2D eigenvalue weighted by atomic mass is 16.5. The molecule has 0 fully saturated rings. The Labute approximate surface area is 109 Å². The van der Waals surface area contributed by atoms with Crippen LogP contribution in [0.15, 0.2) is 42.0 Å². The molecule has 98 valence electrons. The molecule has 1 aromatic rings.